The summed E-state index contributed by atoms with van der Waals surface area (Å²) >= 11 is 2.02. The van der Waals surface area contributed by atoms with Gasteiger partial charge in [-0.3, -0.25) is 0 Å². The van der Waals surface area contributed by atoms with Gasteiger partial charge in [0.05, 0.1) is 30.1 Å². The Morgan fingerprint density at radius 1 is 0.959 bits per heavy atom. The summed E-state index contributed by atoms with van der Waals surface area (Å²) in [5.41, 5.74) is 3.27. The van der Waals surface area contributed by atoms with Gasteiger partial charge in [0.25, 0.3) is 0 Å². The predicted octanol–water partition coefficient (Wildman–Crippen LogP) is 8.09. The number of benzene rings is 1. The molecule has 0 aromatic heterocycles. The molecule has 2 saturated carbocycles. The topological polar surface area (TPSA) is 99.0 Å². The van der Waals surface area contributed by atoms with Crippen molar-refractivity contribution in [1.29, 1.82) is 0 Å². The fourth-order valence-corrected chi connectivity index (χ4v) is 10.6. The van der Waals surface area contributed by atoms with Crippen LogP contribution in [0.2, 0.25) is 0 Å². The minimum Gasteiger partial charge on any atom is -0.490 e. The molecule has 5 aliphatic rings. The van der Waals surface area contributed by atoms with E-state index in [-0.39, 0.29) is 48.4 Å². The molecular weight excluding hydrogens is 639 g/mol. The lowest BCUT2D eigenvalue weighted by Crippen LogP contribution is -2.64. The molecule has 2 heterocycles. The van der Waals surface area contributed by atoms with Crippen LogP contribution in [0.15, 0.2) is 60.3 Å². The largest absolute Gasteiger partial charge is 0.490 e. The van der Waals surface area contributed by atoms with Gasteiger partial charge < -0.3 is 34.0 Å². The highest BCUT2D eigenvalue weighted by Gasteiger charge is 2.64. The molecular formula is C40H57NO7S. The Labute approximate surface area is 297 Å². The first-order valence-corrected chi connectivity index (χ1v) is 19.8. The maximum atomic E-state index is 9.83. The van der Waals surface area contributed by atoms with E-state index >= 15 is 0 Å². The molecule has 6 rings (SSSR count). The number of rotatable bonds is 18. The maximum Gasteiger partial charge on any atom is 0.230 e. The van der Waals surface area contributed by atoms with Crippen molar-refractivity contribution in [2.24, 2.45) is 22.9 Å². The number of thioether (sulfide) groups is 1. The van der Waals surface area contributed by atoms with Gasteiger partial charge in [-0.2, -0.15) is 0 Å². The fourth-order valence-electron chi connectivity index (χ4n) is 8.86. The average Bonchev–Trinajstić information content (AvgIpc) is 3.65. The van der Waals surface area contributed by atoms with E-state index in [0.29, 0.717) is 31.5 Å². The third kappa shape index (κ3) is 8.27. The first kappa shape index (κ1) is 36.5. The van der Waals surface area contributed by atoms with Gasteiger partial charge in [-0.05, 0) is 87.0 Å². The Balaban J connectivity index is 1.51. The highest BCUT2D eigenvalue weighted by Crippen LogP contribution is 2.63. The summed E-state index contributed by atoms with van der Waals surface area (Å²) in [5.74, 6) is 1.15. The van der Waals surface area contributed by atoms with Crippen molar-refractivity contribution in [1.82, 2.24) is 0 Å². The van der Waals surface area contributed by atoms with Gasteiger partial charge in [0.1, 0.15) is 18.1 Å². The second kappa shape index (κ2) is 17.8. The Kier molecular flexibility index (Phi) is 13.2. The molecule has 3 aliphatic carbocycles. The Morgan fingerprint density at radius 3 is 2.47 bits per heavy atom. The van der Waals surface area contributed by atoms with Gasteiger partial charge in [-0.25, -0.2) is 0 Å². The van der Waals surface area contributed by atoms with Crippen LogP contribution in [-0.4, -0.2) is 71.5 Å². The van der Waals surface area contributed by atoms with Crippen LogP contribution in [0, 0.1) is 17.8 Å². The molecule has 8 nitrogen and oxygen atoms in total. The summed E-state index contributed by atoms with van der Waals surface area (Å²) < 4.78 is 26.4. The zero-order chi connectivity index (χ0) is 34.1. The van der Waals surface area contributed by atoms with Gasteiger partial charge in [-0.1, -0.05) is 55.6 Å². The van der Waals surface area contributed by atoms with Crippen molar-refractivity contribution in [3.63, 3.8) is 0 Å². The summed E-state index contributed by atoms with van der Waals surface area (Å²) in [6.07, 6.45) is 19.6. The van der Waals surface area contributed by atoms with Crippen molar-refractivity contribution < 1.29 is 34.0 Å². The lowest BCUT2D eigenvalue weighted by Gasteiger charge is -2.58. The van der Waals surface area contributed by atoms with Crippen molar-refractivity contribution in [2.75, 3.05) is 33.0 Å². The zero-order valence-corrected chi connectivity index (χ0v) is 30.0. The van der Waals surface area contributed by atoms with Crippen LogP contribution in [0.3, 0.4) is 0 Å². The molecule has 0 bridgehead atoms. The average molecular weight is 696 g/mol. The van der Waals surface area contributed by atoms with E-state index in [9.17, 15) is 10.2 Å². The van der Waals surface area contributed by atoms with E-state index in [4.69, 9.17) is 28.9 Å². The van der Waals surface area contributed by atoms with Crippen LogP contribution in [0.25, 0.3) is 0 Å². The highest BCUT2D eigenvalue weighted by atomic mass is 32.2. The van der Waals surface area contributed by atoms with Crippen molar-refractivity contribution >= 4 is 17.5 Å². The summed E-state index contributed by atoms with van der Waals surface area (Å²) in [6.45, 7) is 9.78. The van der Waals surface area contributed by atoms with E-state index in [1.807, 2.05) is 23.9 Å². The molecule has 0 spiro atoms. The summed E-state index contributed by atoms with van der Waals surface area (Å²) in [6, 6.07) is 6.23. The number of allylic oxidation sites excluding steroid dienone is 1. The van der Waals surface area contributed by atoms with Gasteiger partial charge in [-0.15, -0.1) is 18.3 Å². The third-order valence-corrected chi connectivity index (χ3v) is 12.7. The maximum absolute atomic E-state index is 9.83. The molecule has 49 heavy (non-hydrogen) atoms. The predicted molar refractivity (Wildman–Crippen MR) is 195 cm³/mol. The molecule has 1 aromatic rings. The van der Waals surface area contributed by atoms with E-state index in [0.717, 1.165) is 86.1 Å². The van der Waals surface area contributed by atoms with Crippen molar-refractivity contribution in [3.05, 3.63) is 60.7 Å². The van der Waals surface area contributed by atoms with E-state index in [2.05, 4.69) is 31.4 Å². The molecule has 3 fully saturated rings. The number of oxime groups is 1. The van der Waals surface area contributed by atoms with Gasteiger partial charge in [0, 0.05) is 42.8 Å². The number of unbranched alkanes of at least 4 members (excludes halogenated alkanes) is 2. The van der Waals surface area contributed by atoms with Crippen LogP contribution >= 0.6 is 11.8 Å². The van der Waals surface area contributed by atoms with Crippen LogP contribution in [0.1, 0.15) is 101 Å². The third-order valence-electron chi connectivity index (χ3n) is 11.1. The number of fused-ring (bicyclic) bond motifs is 2. The number of ether oxygens (including phenoxy) is 4. The molecule has 1 saturated heterocycles. The lowest BCUT2D eigenvalue weighted by molar-refractivity contribution is -0.223. The van der Waals surface area contributed by atoms with E-state index in [1.54, 1.807) is 6.08 Å². The molecule has 2 N–H and O–H groups in total. The fraction of sp³-hybridized carbons (Fsp3) is 0.675. The molecule has 2 aliphatic heterocycles. The molecule has 9 heteroatoms. The molecule has 0 amide bonds. The SMILES string of the molecule is C=CCOc1ccc2c(c1)[C@H]1[C@H](CCCCO)[C@@H](CCCCO)C=C3C(=NOC4CCCCO4)C[C@H](SC4CCCC4)[C@@](OCC=C)(O2)[C@H]31. The van der Waals surface area contributed by atoms with Crippen molar-refractivity contribution in [2.45, 2.75) is 118 Å². The monoisotopic (exact) mass is 695 g/mol. The quantitative estimate of drug-likeness (QED) is 0.0904. The second-order valence-corrected chi connectivity index (χ2v) is 15.8. The minimum absolute atomic E-state index is 0.0105. The number of hydrogen-bond acceptors (Lipinski definition) is 9. The molecule has 0 radical (unpaired) electrons. The number of hydrogen-bond donors (Lipinski definition) is 2. The first-order valence-electron chi connectivity index (χ1n) is 18.9. The molecule has 7 atom stereocenters. The highest BCUT2D eigenvalue weighted by molar-refractivity contribution is 8.00. The molecule has 270 valence electrons. The second-order valence-electron chi connectivity index (χ2n) is 14.3. The first-order chi connectivity index (χ1) is 24.1. The van der Waals surface area contributed by atoms with Gasteiger partial charge in [0.15, 0.2) is 0 Å². The van der Waals surface area contributed by atoms with E-state index in [1.165, 1.54) is 25.7 Å². The Hall–Kier alpha value is -2.30. The van der Waals surface area contributed by atoms with Crippen LogP contribution in [-0.2, 0) is 14.3 Å². The Morgan fingerprint density at radius 2 is 1.73 bits per heavy atom. The zero-order valence-electron chi connectivity index (χ0n) is 29.1. The summed E-state index contributed by atoms with van der Waals surface area (Å²) in [4.78, 5) is 6.23. The molecule has 1 unspecified atom stereocenters. The summed E-state index contributed by atoms with van der Waals surface area (Å²) in [5, 5.41) is 25.1. The van der Waals surface area contributed by atoms with Gasteiger partial charge >= 0.3 is 0 Å². The minimum atomic E-state index is -0.930. The van der Waals surface area contributed by atoms with E-state index < -0.39 is 5.79 Å². The normalized spacial score (nSPS) is 31.7. The standard InChI is InChI=1S/C40H57NO7S/c1-3-22-44-29-18-19-35-33(26-29)38-31(16-8-11-21-43)28(13-7-10-20-42)25-32-34(41-48-37-17-9-12-24-45-37)27-36(49-30-14-5-6-15-30)40(47-35,39(32)38)46-23-4-2/h3-4,18-19,25-26,28,30-31,36-39,42-43H,1-2,5-17,20-24,27H2/t28-,31+,36-,37?,38+,39+,40+/m0/s1. The van der Waals surface area contributed by atoms with Crippen LogP contribution < -0.4 is 9.47 Å². The lowest BCUT2D eigenvalue weighted by atomic mass is 9.56. The molecule has 1 aromatic carbocycles. The van der Waals surface area contributed by atoms with Gasteiger partial charge in [0.2, 0.25) is 12.1 Å². The van der Waals surface area contributed by atoms with Crippen molar-refractivity contribution in [3.8, 4) is 11.5 Å². The number of aliphatic hydroxyl groups is 2. The number of aliphatic hydroxyl groups excluding tert-OH is 2. The smallest absolute Gasteiger partial charge is 0.230 e. The number of nitrogens with zero attached hydrogens (tertiary/aromatic N) is 1. The summed E-state index contributed by atoms with van der Waals surface area (Å²) in [7, 11) is 0. The van der Waals surface area contributed by atoms with Crippen LogP contribution in [0.4, 0.5) is 0 Å². The Bertz CT molecular complexity index is 1310. The van der Waals surface area contributed by atoms with Crippen LogP contribution in [0.5, 0.6) is 11.5 Å².